The van der Waals surface area contributed by atoms with E-state index in [1.165, 1.54) is 16.7 Å². The van der Waals surface area contributed by atoms with Crippen molar-refractivity contribution in [3.8, 4) is 0 Å². The van der Waals surface area contributed by atoms with E-state index < -0.39 is 0 Å². The van der Waals surface area contributed by atoms with Crippen LogP contribution in [0.2, 0.25) is 0 Å². The molecule has 34 heavy (non-hydrogen) atoms. The molecule has 7 heteroatoms. The predicted octanol–water partition coefficient (Wildman–Crippen LogP) is 5.02. The summed E-state index contributed by atoms with van der Waals surface area (Å²) in [7, 11) is 2.03. The Labute approximate surface area is 199 Å². The average Bonchev–Trinajstić information content (AvgIpc) is 3.31. The Morgan fingerprint density at radius 2 is 1.94 bits per heavy atom. The van der Waals surface area contributed by atoms with Gasteiger partial charge in [0.05, 0.1) is 5.52 Å². The number of aryl methyl sites for hydroxylation is 1. The van der Waals surface area contributed by atoms with Crippen LogP contribution in [0.1, 0.15) is 38.3 Å². The van der Waals surface area contributed by atoms with Gasteiger partial charge in [0.15, 0.2) is 0 Å². The summed E-state index contributed by atoms with van der Waals surface area (Å²) in [6.07, 6.45) is 4.74. The van der Waals surface area contributed by atoms with Gasteiger partial charge < -0.3 is 9.80 Å². The number of amides is 1. The van der Waals surface area contributed by atoms with Gasteiger partial charge in [0.25, 0.3) is 5.78 Å². The highest BCUT2D eigenvalue weighted by Gasteiger charge is 2.28. The van der Waals surface area contributed by atoms with Crippen LogP contribution in [-0.4, -0.2) is 50.5 Å². The number of hydrogen-bond acceptors (Lipinski definition) is 5. The lowest BCUT2D eigenvalue weighted by atomic mass is 9.92. The van der Waals surface area contributed by atoms with Gasteiger partial charge in [0.1, 0.15) is 12.1 Å². The summed E-state index contributed by atoms with van der Waals surface area (Å²) in [5, 5.41) is 9.30. The molecule has 1 aliphatic rings. The summed E-state index contributed by atoms with van der Waals surface area (Å²) in [4.78, 5) is 21.5. The van der Waals surface area contributed by atoms with Gasteiger partial charge in [-0.05, 0) is 54.3 Å². The maximum atomic E-state index is 12.6. The van der Waals surface area contributed by atoms with Gasteiger partial charge in [0, 0.05) is 36.6 Å². The first-order valence-electron chi connectivity index (χ1n) is 11.6. The van der Waals surface area contributed by atoms with Crippen LogP contribution in [0.5, 0.6) is 0 Å². The standard InChI is InChI=1S/C27H30N6O/c1-18-9-10-22-23(15-18)33-17-28-30-26(33)29-24(22)31(5)21-8-6-7-20(16-21)19-11-13-32(14-12-19)25(34)27(2,3)4/h6-11,15-17H,12-14H2,1-5H3. The first kappa shape index (κ1) is 22.1. The molecule has 0 N–H and O–H groups in total. The predicted molar refractivity (Wildman–Crippen MR) is 136 cm³/mol. The highest BCUT2D eigenvalue weighted by atomic mass is 16.2. The van der Waals surface area contributed by atoms with Crippen LogP contribution in [0, 0.1) is 12.3 Å². The molecule has 4 aromatic rings. The summed E-state index contributed by atoms with van der Waals surface area (Å²) in [6.45, 7) is 9.41. The molecule has 7 nitrogen and oxygen atoms in total. The van der Waals surface area contributed by atoms with Gasteiger partial charge in [-0.1, -0.05) is 45.0 Å². The van der Waals surface area contributed by atoms with Crippen molar-refractivity contribution in [3.05, 3.63) is 66.0 Å². The van der Waals surface area contributed by atoms with E-state index in [0.29, 0.717) is 12.3 Å². The number of fused-ring (bicyclic) bond motifs is 3. The zero-order valence-corrected chi connectivity index (χ0v) is 20.4. The van der Waals surface area contributed by atoms with E-state index in [0.717, 1.165) is 35.4 Å². The third-order valence-electron chi connectivity index (χ3n) is 6.45. The number of aromatic nitrogens is 4. The highest BCUT2D eigenvalue weighted by Crippen LogP contribution is 2.33. The average molecular weight is 455 g/mol. The topological polar surface area (TPSA) is 66.6 Å². The van der Waals surface area contributed by atoms with Gasteiger partial charge >= 0.3 is 0 Å². The molecular formula is C27H30N6O. The fourth-order valence-corrected chi connectivity index (χ4v) is 4.54. The van der Waals surface area contributed by atoms with Crippen LogP contribution in [0.3, 0.4) is 0 Å². The minimum atomic E-state index is -0.353. The molecule has 0 unspecified atom stereocenters. The Morgan fingerprint density at radius 3 is 2.68 bits per heavy atom. The Hall–Kier alpha value is -3.74. The molecule has 0 bridgehead atoms. The number of carbonyl (C=O) groups is 1. The molecule has 5 rings (SSSR count). The minimum absolute atomic E-state index is 0.202. The van der Waals surface area contributed by atoms with Crippen molar-refractivity contribution in [1.82, 2.24) is 24.5 Å². The molecule has 0 spiro atoms. The van der Waals surface area contributed by atoms with E-state index in [1.54, 1.807) is 6.33 Å². The monoisotopic (exact) mass is 454 g/mol. The summed E-state index contributed by atoms with van der Waals surface area (Å²) >= 11 is 0. The molecule has 174 valence electrons. The first-order chi connectivity index (χ1) is 16.2. The molecule has 0 atom stereocenters. The molecule has 1 amide bonds. The van der Waals surface area contributed by atoms with Crippen LogP contribution >= 0.6 is 0 Å². The van der Waals surface area contributed by atoms with Crippen molar-refractivity contribution >= 4 is 39.7 Å². The lowest BCUT2D eigenvalue weighted by Crippen LogP contribution is -2.41. The van der Waals surface area contributed by atoms with Crippen LogP contribution < -0.4 is 4.90 Å². The van der Waals surface area contributed by atoms with E-state index in [2.05, 4.69) is 70.6 Å². The van der Waals surface area contributed by atoms with Crippen LogP contribution in [-0.2, 0) is 4.79 Å². The van der Waals surface area contributed by atoms with Crippen molar-refractivity contribution in [2.45, 2.75) is 34.1 Å². The Bertz CT molecular complexity index is 1430. The van der Waals surface area contributed by atoms with Gasteiger partial charge in [-0.3, -0.25) is 9.20 Å². The third kappa shape index (κ3) is 3.91. The summed E-state index contributed by atoms with van der Waals surface area (Å²) in [6, 6.07) is 14.9. The molecule has 0 saturated heterocycles. The van der Waals surface area contributed by atoms with Gasteiger partial charge in [-0.2, -0.15) is 4.98 Å². The zero-order chi connectivity index (χ0) is 24.0. The van der Waals surface area contributed by atoms with E-state index >= 15 is 0 Å². The number of nitrogens with zero attached hydrogens (tertiary/aromatic N) is 6. The normalized spacial score (nSPS) is 14.5. The second-order valence-corrected chi connectivity index (χ2v) is 10.0. The smallest absolute Gasteiger partial charge is 0.257 e. The minimum Gasteiger partial charge on any atom is -0.338 e. The first-order valence-corrected chi connectivity index (χ1v) is 11.6. The number of carbonyl (C=O) groups excluding carboxylic acids is 1. The van der Waals surface area contributed by atoms with E-state index in [1.807, 2.05) is 37.1 Å². The lowest BCUT2D eigenvalue weighted by Gasteiger charge is -2.32. The van der Waals surface area contributed by atoms with Gasteiger partial charge in [-0.25, -0.2) is 0 Å². The molecule has 3 heterocycles. The van der Waals surface area contributed by atoms with Gasteiger partial charge in [-0.15, -0.1) is 10.2 Å². The Balaban J connectivity index is 1.48. The molecule has 0 saturated carbocycles. The molecule has 2 aromatic carbocycles. The fourth-order valence-electron chi connectivity index (χ4n) is 4.54. The fraction of sp³-hybridized carbons (Fsp3) is 0.333. The SMILES string of the molecule is Cc1ccc2c(N(C)c3cccc(C4=CCN(C(=O)C(C)(C)C)CC4)c3)nc3nncn3c2c1. The highest BCUT2D eigenvalue weighted by molar-refractivity contribution is 5.94. The van der Waals surface area contributed by atoms with Crippen LogP contribution in [0.25, 0.3) is 22.3 Å². The van der Waals surface area contributed by atoms with E-state index in [-0.39, 0.29) is 11.3 Å². The van der Waals surface area contributed by atoms with Crippen molar-refractivity contribution in [2.75, 3.05) is 25.0 Å². The maximum absolute atomic E-state index is 12.6. The van der Waals surface area contributed by atoms with E-state index in [4.69, 9.17) is 4.98 Å². The van der Waals surface area contributed by atoms with Crippen molar-refractivity contribution in [1.29, 1.82) is 0 Å². The van der Waals surface area contributed by atoms with Crippen molar-refractivity contribution < 1.29 is 4.79 Å². The second-order valence-electron chi connectivity index (χ2n) is 10.0. The molecular weight excluding hydrogens is 424 g/mol. The summed E-state index contributed by atoms with van der Waals surface area (Å²) in [5.41, 5.74) is 5.35. The number of hydrogen-bond donors (Lipinski definition) is 0. The number of rotatable bonds is 3. The summed E-state index contributed by atoms with van der Waals surface area (Å²) < 4.78 is 1.92. The summed E-state index contributed by atoms with van der Waals surface area (Å²) in [5.74, 6) is 1.62. The maximum Gasteiger partial charge on any atom is 0.257 e. The number of anilines is 2. The Kier molecular flexibility index (Phi) is 5.35. The molecule has 0 radical (unpaired) electrons. The molecule has 0 aliphatic carbocycles. The Morgan fingerprint density at radius 1 is 1.12 bits per heavy atom. The molecule has 0 fully saturated rings. The zero-order valence-electron chi connectivity index (χ0n) is 20.4. The largest absolute Gasteiger partial charge is 0.338 e. The number of benzene rings is 2. The third-order valence-corrected chi connectivity index (χ3v) is 6.45. The molecule has 2 aromatic heterocycles. The second kappa shape index (κ2) is 8.24. The lowest BCUT2D eigenvalue weighted by molar-refractivity contribution is -0.139. The van der Waals surface area contributed by atoms with Crippen LogP contribution in [0.4, 0.5) is 11.5 Å². The van der Waals surface area contributed by atoms with Crippen molar-refractivity contribution in [3.63, 3.8) is 0 Å². The van der Waals surface area contributed by atoms with Crippen molar-refractivity contribution in [2.24, 2.45) is 5.41 Å². The molecule has 1 aliphatic heterocycles. The van der Waals surface area contributed by atoms with Crippen LogP contribution in [0.15, 0.2) is 54.9 Å². The van der Waals surface area contributed by atoms with E-state index in [9.17, 15) is 4.79 Å². The van der Waals surface area contributed by atoms with Gasteiger partial charge in [0.2, 0.25) is 5.91 Å². The quantitative estimate of drug-likeness (QED) is 0.435.